The Morgan fingerprint density at radius 2 is 2.15 bits per heavy atom. The number of hydrogen-bond acceptors (Lipinski definition) is 9. The molecule has 13 heteroatoms. The molecule has 108 valence electrons. The van der Waals surface area contributed by atoms with E-state index in [4.69, 9.17) is 4.74 Å². The maximum Gasteiger partial charge on any atom is 0.336 e. The van der Waals surface area contributed by atoms with Gasteiger partial charge < -0.3 is 10.1 Å². The summed E-state index contributed by atoms with van der Waals surface area (Å²) in [4.78, 5) is 14.5. The predicted octanol–water partition coefficient (Wildman–Crippen LogP) is -0.576. The number of sulfonamides is 1. The quantitative estimate of drug-likeness (QED) is 0.619. The smallest absolute Gasteiger partial charge is 0.336 e. The highest BCUT2D eigenvalue weighted by atomic mass is 32.2. The molecule has 0 saturated carbocycles. The summed E-state index contributed by atoms with van der Waals surface area (Å²) in [5, 5.41) is 15.3. The average molecular weight is 319 g/mol. The molecule has 2 rings (SSSR count). The Morgan fingerprint density at radius 3 is 2.75 bits per heavy atom. The van der Waals surface area contributed by atoms with Gasteiger partial charge in [-0.1, -0.05) is 11.3 Å². The topological polar surface area (TPSA) is 152 Å². The molecule has 20 heavy (non-hydrogen) atoms. The van der Waals surface area contributed by atoms with Gasteiger partial charge in [0.1, 0.15) is 0 Å². The molecule has 0 atom stereocenters. The van der Waals surface area contributed by atoms with Gasteiger partial charge in [-0.25, -0.2) is 9.82 Å². The number of carbonyl (C=O) groups excluding carboxylic acids is 1. The molecule has 0 aliphatic carbocycles. The second-order valence-electron chi connectivity index (χ2n) is 3.33. The predicted molar refractivity (Wildman–Crippen MR) is 68.0 cm³/mol. The minimum absolute atomic E-state index is 0.0149. The van der Waals surface area contributed by atoms with E-state index in [1.807, 2.05) is 0 Å². The van der Waals surface area contributed by atoms with Gasteiger partial charge in [-0.05, 0) is 0 Å². The molecule has 11 nitrogen and oxygen atoms in total. The zero-order valence-electron chi connectivity index (χ0n) is 10.2. The molecule has 0 spiro atoms. The van der Waals surface area contributed by atoms with E-state index < -0.39 is 10.0 Å². The van der Waals surface area contributed by atoms with Gasteiger partial charge in [0, 0.05) is 6.92 Å². The van der Waals surface area contributed by atoms with Crippen LogP contribution in [0, 0.1) is 0 Å². The van der Waals surface area contributed by atoms with E-state index in [1.54, 1.807) is 0 Å². The number of nitrogens with one attached hydrogen (secondary N) is 3. The summed E-state index contributed by atoms with van der Waals surface area (Å²) in [6.45, 7) is 1.27. The number of rotatable bonds is 5. The number of amides is 1. The lowest BCUT2D eigenvalue weighted by Gasteiger charge is -1.99. The number of nitrogens with zero attached hydrogens (tertiary/aromatic N) is 4. The summed E-state index contributed by atoms with van der Waals surface area (Å²) in [5.74, 6) is -0.504. The second-order valence-corrected chi connectivity index (χ2v) is 6.16. The first-order valence-electron chi connectivity index (χ1n) is 5.01. The SMILES string of the molecule is COc1n[nH]c(NS(=O)(=O)c2nnc(NC(C)=O)s2)n1. The molecule has 0 aromatic carbocycles. The van der Waals surface area contributed by atoms with Crippen LogP contribution >= 0.6 is 11.3 Å². The van der Waals surface area contributed by atoms with E-state index in [-0.39, 0.29) is 27.3 Å². The molecule has 0 saturated heterocycles. The number of carbonyl (C=O) groups is 1. The van der Waals surface area contributed by atoms with Crippen molar-refractivity contribution in [3.63, 3.8) is 0 Å². The van der Waals surface area contributed by atoms with Crippen molar-refractivity contribution in [2.75, 3.05) is 17.1 Å². The van der Waals surface area contributed by atoms with Crippen LogP contribution in [-0.2, 0) is 14.8 Å². The van der Waals surface area contributed by atoms with E-state index in [0.29, 0.717) is 11.3 Å². The van der Waals surface area contributed by atoms with Crippen molar-refractivity contribution >= 4 is 38.3 Å². The Kier molecular flexibility index (Phi) is 3.80. The maximum atomic E-state index is 12.0. The van der Waals surface area contributed by atoms with Crippen LogP contribution in [0.3, 0.4) is 0 Å². The lowest BCUT2D eigenvalue weighted by Crippen LogP contribution is -2.13. The first-order valence-corrected chi connectivity index (χ1v) is 7.31. The number of ether oxygens (including phenoxy) is 1. The summed E-state index contributed by atoms with van der Waals surface area (Å²) in [5.41, 5.74) is 0. The van der Waals surface area contributed by atoms with Crippen molar-refractivity contribution in [3.05, 3.63) is 0 Å². The molecule has 2 heterocycles. The first-order chi connectivity index (χ1) is 9.40. The van der Waals surface area contributed by atoms with Crippen molar-refractivity contribution in [1.29, 1.82) is 0 Å². The number of hydrogen-bond donors (Lipinski definition) is 3. The van der Waals surface area contributed by atoms with Gasteiger partial charge in [-0.3, -0.25) is 4.79 Å². The number of aromatic amines is 1. The fourth-order valence-electron chi connectivity index (χ4n) is 1.07. The lowest BCUT2D eigenvalue weighted by molar-refractivity contribution is -0.114. The van der Waals surface area contributed by atoms with Gasteiger partial charge in [-0.15, -0.1) is 15.3 Å². The summed E-state index contributed by atoms with van der Waals surface area (Å²) < 4.78 is 30.4. The van der Waals surface area contributed by atoms with Crippen LogP contribution in [-0.4, -0.2) is 46.8 Å². The zero-order chi connectivity index (χ0) is 14.8. The molecular weight excluding hydrogens is 310 g/mol. The number of methoxy groups -OCH3 is 1. The Bertz CT molecular complexity index is 721. The average Bonchev–Trinajstić information content (AvgIpc) is 2.97. The van der Waals surface area contributed by atoms with Crippen LogP contribution < -0.4 is 14.8 Å². The van der Waals surface area contributed by atoms with E-state index in [1.165, 1.54) is 14.0 Å². The van der Waals surface area contributed by atoms with Crippen molar-refractivity contribution in [2.24, 2.45) is 0 Å². The van der Waals surface area contributed by atoms with E-state index in [9.17, 15) is 13.2 Å². The maximum absolute atomic E-state index is 12.0. The van der Waals surface area contributed by atoms with Gasteiger partial charge in [0.25, 0.3) is 14.4 Å². The Morgan fingerprint density at radius 1 is 1.40 bits per heavy atom. The minimum Gasteiger partial charge on any atom is -0.466 e. The number of H-pyrrole nitrogens is 1. The molecule has 0 bridgehead atoms. The van der Waals surface area contributed by atoms with E-state index >= 15 is 0 Å². The normalized spacial score (nSPS) is 11.1. The Labute approximate surface area is 116 Å². The summed E-state index contributed by atoms with van der Waals surface area (Å²) >= 11 is 0.702. The van der Waals surface area contributed by atoms with Gasteiger partial charge in [0.15, 0.2) is 0 Å². The fraction of sp³-hybridized carbons (Fsp3) is 0.286. The first kappa shape index (κ1) is 14.1. The van der Waals surface area contributed by atoms with Crippen LogP contribution in [0.4, 0.5) is 11.1 Å². The van der Waals surface area contributed by atoms with Gasteiger partial charge in [-0.2, -0.15) is 13.4 Å². The molecule has 1 amide bonds. The van der Waals surface area contributed by atoms with E-state index in [2.05, 4.69) is 35.4 Å². The van der Waals surface area contributed by atoms with Crippen LogP contribution in [0.1, 0.15) is 6.92 Å². The van der Waals surface area contributed by atoms with Gasteiger partial charge in [0.05, 0.1) is 7.11 Å². The summed E-state index contributed by atoms with van der Waals surface area (Å²) in [7, 11) is -2.63. The monoisotopic (exact) mass is 319 g/mol. The molecule has 0 fully saturated rings. The molecular formula is C7H9N7O4S2. The molecule has 0 aliphatic rings. The second kappa shape index (κ2) is 5.38. The highest BCUT2D eigenvalue weighted by Crippen LogP contribution is 2.21. The number of anilines is 2. The van der Waals surface area contributed by atoms with Crippen LogP contribution in [0.25, 0.3) is 0 Å². The summed E-state index contributed by atoms with van der Waals surface area (Å²) in [6.07, 6.45) is 0. The third kappa shape index (κ3) is 3.18. The van der Waals surface area contributed by atoms with Crippen molar-refractivity contribution < 1.29 is 17.9 Å². The highest BCUT2D eigenvalue weighted by molar-refractivity contribution is 7.94. The standard InChI is InChI=1S/C7H9N7O4S2/c1-3(15)8-6-12-13-7(19-6)20(16,17)14-4-9-5(18-2)11-10-4/h1-2H3,(H,8,12,15)(H2,9,10,11,14). The molecule has 0 unspecified atom stereocenters. The molecule has 3 N–H and O–H groups in total. The Hall–Kier alpha value is -2.28. The van der Waals surface area contributed by atoms with Crippen molar-refractivity contribution in [2.45, 2.75) is 11.3 Å². The zero-order valence-corrected chi connectivity index (χ0v) is 11.9. The molecule has 2 aromatic rings. The molecule has 2 aromatic heterocycles. The number of aromatic nitrogens is 5. The van der Waals surface area contributed by atoms with Crippen LogP contribution in [0.5, 0.6) is 6.01 Å². The summed E-state index contributed by atoms with van der Waals surface area (Å²) in [6, 6.07) is -0.0149. The van der Waals surface area contributed by atoms with Crippen molar-refractivity contribution in [1.82, 2.24) is 25.4 Å². The highest BCUT2D eigenvalue weighted by Gasteiger charge is 2.22. The van der Waals surface area contributed by atoms with Gasteiger partial charge in [0.2, 0.25) is 17.0 Å². The lowest BCUT2D eigenvalue weighted by atomic mass is 10.7. The largest absolute Gasteiger partial charge is 0.466 e. The van der Waals surface area contributed by atoms with Gasteiger partial charge >= 0.3 is 6.01 Å². The molecule has 0 aliphatic heterocycles. The third-order valence-electron chi connectivity index (χ3n) is 1.80. The molecule has 0 radical (unpaired) electrons. The Balaban J connectivity index is 2.17. The fourth-order valence-corrected chi connectivity index (χ4v) is 2.98. The third-order valence-corrected chi connectivity index (χ3v) is 4.34. The van der Waals surface area contributed by atoms with E-state index in [0.717, 1.165) is 0 Å². The van der Waals surface area contributed by atoms with Crippen LogP contribution in [0.15, 0.2) is 4.34 Å². The van der Waals surface area contributed by atoms with Crippen LogP contribution in [0.2, 0.25) is 0 Å². The van der Waals surface area contributed by atoms with Crippen molar-refractivity contribution in [3.8, 4) is 6.01 Å². The minimum atomic E-state index is -3.97.